The minimum atomic E-state index is -0.332. The molecule has 0 spiro atoms. The molecule has 1 heterocycles. The van der Waals surface area contributed by atoms with Gasteiger partial charge in [-0.3, -0.25) is 4.79 Å². The van der Waals surface area contributed by atoms with E-state index in [-0.39, 0.29) is 11.3 Å². The summed E-state index contributed by atoms with van der Waals surface area (Å²) in [7, 11) is 0. The Bertz CT molecular complexity index is 444. The van der Waals surface area contributed by atoms with E-state index in [1.54, 1.807) is 6.07 Å². The number of nitrogens with one attached hydrogen (secondary N) is 2. The molecular weight excluding hydrogens is 304 g/mol. The van der Waals surface area contributed by atoms with E-state index in [2.05, 4.69) is 26.6 Å². The van der Waals surface area contributed by atoms with Crippen LogP contribution in [0.4, 0.5) is 5.69 Å². The number of amides is 1. The fourth-order valence-corrected chi connectivity index (χ4v) is 2.42. The van der Waals surface area contributed by atoms with E-state index in [4.69, 9.17) is 11.6 Å². The standard InChI is InChI=1S/C12H14BrClN2O/c1-12(5-6-15-7-12)11(17)16-9-4-2-3-8(14)10(9)13/h2-4,15H,5-7H2,1H3,(H,16,17). The normalized spacial score (nSPS) is 23.7. The molecule has 1 atom stereocenters. The second-order valence-electron chi connectivity index (χ2n) is 4.54. The summed E-state index contributed by atoms with van der Waals surface area (Å²) >= 11 is 9.35. The number of hydrogen-bond donors (Lipinski definition) is 2. The van der Waals surface area contributed by atoms with Crippen molar-refractivity contribution < 1.29 is 4.79 Å². The summed E-state index contributed by atoms with van der Waals surface area (Å²) in [4.78, 5) is 12.2. The highest BCUT2D eigenvalue weighted by Gasteiger charge is 2.36. The van der Waals surface area contributed by atoms with E-state index in [1.807, 2.05) is 19.1 Å². The van der Waals surface area contributed by atoms with E-state index < -0.39 is 0 Å². The Morgan fingerprint density at radius 1 is 1.59 bits per heavy atom. The average Bonchev–Trinajstić information content (AvgIpc) is 2.73. The summed E-state index contributed by atoms with van der Waals surface area (Å²) < 4.78 is 0.726. The lowest BCUT2D eigenvalue weighted by Gasteiger charge is -2.22. The maximum absolute atomic E-state index is 12.2. The molecule has 1 aromatic rings. The number of rotatable bonds is 2. The van der Waals surface area contributed by atoms with E-state index >= 15 is 0 Å². The summed E-state index contributed by atoms with van der Waals surface area (Å²) in [6.45, 7) is 3.58. The van der Waals surface area contributed by atoms with Crippen molar-refractivity contribution >= 4 is 39.1 Å². The molecule has 0 radical (unpaired) electrons. The first-order valence-corrected chi connectivity index (χ1v) is 6.66. The van der Waals surface area contributed by atoms with Crippen molar-refractivity contribution in [2.75, 3.05) is 18.4 Å². The van der Waals surface area contributed by atoms with Crippen LogP contribution in [0.1, 0.15) is 13.3 Å². The number of carbonyl (C=O) groups is 1. The maximum Gasteiger partial charge on any atom is 0.231 e. The van der Waals surface area contributed by atoms with E-state index in [0.717, 1.165) is 29.7 Å². The van der Waals surface area contributed by atoms with Gasteiger partial charge in [-0.25, -0.2) is 0 Å². The van der Waals surface area contributed by atoms with Gasteiger partial charge in [-0.1, -0.05) is 17.7 Å². The van der Waals surface area contributed by atoms with Gasteiger partial charge in [-0.05, 0) is 48.0 Å². The van der Waals surface area contributed by atoms with Crippen molar-refractivity contribution in [3.8, 4) is 0 Å². The highest BCUT2D eigenvalue weighted by molar-refractivity contribution is 9.10. The zero-order chi connectivity index (χ0) is 12.5. The number of anilines is 1. The van der Waals surface area contributed by atoms with Crippen LogP contribution in [-0.2, 0) is 4.79 Å². The molecule has 92 valence electrons. The van der Waals surface area contributed by atoms with Crippen molar-refractivity contribution in [3.05, 3.63) is 27.7 Å². The molecule has 2 N–H and O–H groups in total. The first kappa shape index (κ1) is 12.9. The lowest BCUT2D eigenvalue weighted by Crippen LogP contribution is -2.35. The summed E-state index contributed by atoms with van der Waals surface area (Å²) in [6, 6.07) is 5.43. The SMILES string of the molecule is CC1(C(=O)Nc2cccc(Cl)c2Br)CCNC1. The zero-order valence-electron chi connectivity index (χ0n) is 9.52. The van der Waals surface area contributed by atoms with Gasteiger partial charge in [0.15, 0.2) is 0 Å². The number of hydrogen-bond acceptors (Lipinski definition) is 2. The van der Waals surface area contributed by atoms with Crippen LogP contribution in [0, 0.1) is 5.41 Å². The monoisotopic (exact) mass is 316 g/mol. The molecule has 1 saturated heterocycles. The lowest BCUT2D eigenvalue weighted by atomic mass is 9.89. The predicted molar refractivity (Wildman–Crippen MR) is 73.4 cm³/mol. The fourth-order valence-electron chi connectivity index (χ4n) is 1.88. The first-order chi connectivity index (χ1) is 8.03. The Morgan fingerprint density at radius 3 is 3.00 bits per heavy atom. The first-order valence-electron chi connectivity index (χ1n) is 5.49. The van der Waals surface area contributed by atoms with Crippen LogP contribution >= 0.6 is 27.5 Å². The molecule has 0 saturated carbocycles. The molecule has 3 nitrogen and oxygen atoms in total. The Hall–Kier alpha value is -0.580. The van der Waals surface area contributed by atoms with Gasteiger partial charge in [0, 0.05) is 6.54 Å². The summed E-state index contributed by atoms with van der Waals surface area (Å²) in [5.41, 5.74) is 0.387. The van der Waals surface area contributed by atoms with E-state index in [9.17, 15) is 4.79 Å². The third-order valence-electron chi connectivity index (χ3n) is 3.12. The van der Waals surface area contributed by atoms with Crippen molar-refractivity contribution in [1.82, 2.24) is 5.32 Å². The predicted octanol–water partition coefficient (Wildman–Crippen LogP) is 3.04. The molecule has 0 aliphatic carbocycles. The van der Waals surface area contributed by atoms with Gasteiger partial charge in [0.05, 0.1) is 20.6 Å². The molecule has 1 aliphatic rings. The topological polar surface area (TPSA) is 41.1 Å². The van der Waals surface area contributed by atoms with Gasteiger partial charge < -0.3 is 10.6 Å². The molecular formula is C12H14BrClN2O. The summed E-state index contributed by atoms with van der Waals surface area (Å²) in [5.74, 6) is 0.0328. The molecule has 17 heavy (non-hydrogen) atoms. The highest BCUT2D eigenvalue weighted by Crippen LogP contribution is 2.32. The molecule has 0 bridgehead atoms. The Labute approximate surface area is 114 Å². The van der Waals surface area contributed by atoms with Crippen molar-refractivity contribution in [2.45, 2.75) is 13.3 Å². The van der Waals surface area contributed by atoms with Crippen molar-refractivity contribution in [3.63, 3.8) is 0 Å². The van der Waals surface area contributed by atoms with Crippen LogP contribution in [0.15, 0.2) is 22.7 Å². The summed E-state index contributed by atoms with van der Waals surface area (Å²) in [6.07, 6.45) is 0.858. The molecule has 1 fully saturated rings. The minimum Gasteiger partial charge on any atom is -0.325 e. The Morgan fingerprint density at radius 2 is 2.35 bits per heavy atom. The third-order valence-corrected chi connectivity index (χ3v) is 4.51. The number of halogens is 2. The van der Waals surface area contributed by atoms with Crippen LogP contribution < -0.4 is 10.6 Å². The van der Waals surface area contributed by atoms with E-state index in [1.165, 1.54) is 0 Å². The maximum atomic E-state index is 12.2. The number of carbonyl (C=O) groups excluding carboxylic acids is 1. The van der Waals surface area contributed by atoms with Crippen LogP contribution in [0.5, 0.6) is 0 Å². The second kappa shape index (κ2) is 4.96. The zero-order valence-corrected chi connectivity index (χ0v) is 11.9. The minimum absolute atomic E-state index is 0.0328. The van der Waals surface area contributed by atoms with Gasteiger partial charge in [0.25, 0.3) is 0 Å². The van der Waals surface area contributed by atoms with E-state index in [0.29, 0.717) is 5.02 Å². The quantitative estimate of drug-likeness (QED) is 0.880. The third kappa shape index (κ3) is 2.64. The fraction of sp³-hybridized carbons (Fsp3) is 0.417. The Balaban J connectivity index is 2.16. The van der Waals surface area contributed by atoms with Gasteiger partial charge in [0.1, 0.15) is 0 Å². The molecule has 1 aromatic carbocycles. The average molecular weight is 318 g/mol. The van der Waals surface area contributed by atoms with Crippen LogP contribution in [-0.4, -0.2) is 19.0 Å². The van der Waals surface area contributed by atoms with Gasteiger partial charge in [-0.2, -0.15) is 0 Å². The highest BCUT2D eigenvalue weighted by atomic mass is 79.9. The van der Waals surface area contributed by atoms with Crippen molar-refractivity contribution in [1.29, 1.82) is 0 Å². The van der Waals surface area contributed by atoms with Crippen LogP contribution in [0.2, 0.25) is 5.02 Å². The molecule has 1 unspecified atom stereocenters. The smallest absolute Gasteiger partial charge is 0.231 e. The van der Waals surface area contributed by atoms with Gasteiger partial charge >= 0.3 is 0 Å². The summed E-state index contributed by atoms with van der Waals surface area (Å²) in [5, 5.41) is 6.73. The van der Waals surface area contributed by atoms with Crippen molar-refractivity contribution in [2.24, 2.45) is 5.41 Å². The Kier molecular flexibility index (Phi) is 3.76. The lowest BCUT2D eigenvalue weighted by molar-refractivity contribution is -0.123. The van der Waals surface area contributed by atoms with Gasteiger partial charge in [-0.15, -0.1) is 0 Å². The molecule has 5 heteroatoms. The molecule has 2 rings (SSSR count). The van der Waals surface area contributed by atoms with Crippen LogP contribution in [0.25, 0.3) is 0 Å². The second-order valence-corrected chi connectivity index (χ2v) is 5.74. The molecule has 0 aromatic heterocycles. The van der Waals surface area contributed by atoms with Gasteiger partial charge in [0.2, 0.25) is 5.91 Å². The molecule has 1 aliphatic heterocycles. The number of benzene rings is 1. The molecule has 1 amide bonds. The largest absolute Gasteiger partial charge is 0.325 e. The van der Waals surface area contributed by atoms with Crippen LogP contribution in [0.3, 0.4) is 0 Å².